The number of halogens is 4. The van der Waals surface area contributed by atoms with E-state index in [2.05, 4.69) is 21.2 Å². The molecule has 7 nitrogen and oxygen atoms in total. The third-order valence-electron chi connectivity index (χ3n) is 6.88. The number of anilines is 2. The number of aromatic nitrogens is 1. The van der Waals surface area contributed by atoms with Crippen molar-refractivity contribution in [1.82, 2.24) is 4.57 Å². The summed E-state index contributed by atoms with van der Waals surface area (Å²) in [4.78, 5) is 55.2. The minimum Gasteiger partial charge on any atom is -0.325 e. The van der Waals surface area contributed by atoms with Crippen LogP contribution in [0, 0.1) is 11.7 Å². The number of hydrogen-bond acceptors (Lipinski definition) is 6. The Labute approximate surface area is 259 Å². The molecule has 0 bridgehead atoms. The first-order valence-corrected chi connectivity index (χ1v) is 15.4. The quantitative estimate of drug-likeness (QED) is 0.240. The van der Waals surface area contributed by atoms with Crippen LogP contribution in [0.2, 0.25) is 10.0 Å². The fraction of sp³-hybridized carbons (Fsp3) is 0.143. The van der Waals surface area contributed by atoms with Gasteiger partial charge in [-0.15, -0.1) is 0 Å². The normalized spacial score (nSPS) is 19.7. The fourth-order valence-electron chi connectivity index (χ4n) is 5.07. The van der Waals surface area contributed by atoms with E-state index in [9.17, 15) is 23.6 Å². The van der Waals surface area contributed by atoms with Gasteiger partial charge < -0.3 is 5.32 Å². The van der Waals surface area contributed by atoms with Gasteiger partial charge in [-0.1, -0.05) is 74.4 Å². The second-order valence-corrected chi connectivity index (χ2v) is 13.2. The first kappa shape index (κ1) is 28.2. The van der Waals surface area contributed by atoms with Crippen molar-refractivity contribution in [1.29, 1.82) is 0 Å². The molecule has 0 unspecified atom stereocenters. The molecule has 3 atom stereocenters. The number of rotatable bonds is 5. The smallest absolute Gasteiger partial charge is 0.308 e. The van der Waals surface area contributed by atoms with Crippen molar-refractivity contribution in [2.24, 2.45) is 5.92 Å². The molecule has 3 amide bonds. The number of fused-ring (bicyclic) bond motifs is 2. The predicted octanol–water partition coefficient (Wildman–Crippen LogP) is 6.55. The first-order valence-electron chi connectivity index (χ1n) is 12.2. The van der Waals surface area contributed by atoms with Crippen LogP contribution >= 0.6 is 62.2 Å². The average Bonchev–Trinajstić information content (AvgIpc) is 3.38. The fourth-order valence-corrected chi connectivity index (χ4v) is 8.53. The van der Waals surface area contributed by atoms with E-state index in [1.807, 2.05) is 0 Å². The van der Waals surface area contributed by atoms with Gasteiger partial charge in [-0.25, -0.2) is 9.29 Å². The summed E-state index contributed by atoms with van der Waals surface area (Å²) in [6.45, 7) is -0.346. The first-order chi connectivity index (χ1) is 19.6. The van der Waals surface area contributed by atoms with Crippen LogP contribution in [0.5, 0.6) is 0 Å². The van der Waals surface area contributed by atoms with Gasteiger partial charge in [0.1, 0.15) is 17.6 Å². The number of nitrogens with zero attached hydrogens (tertiary/aromatic N) is 2. The summed E-state index contributed by atoms with van der Waals surface area (Å²) in [5, 5.41) is 2.68. The molecule has 1 saturated heterocycles. The van der Waals surface area contributed by atoms with Crippen molar-refractivity contribution >= 4 is 91.3 Å². The molecule has 4 aromatic rings. The summed E-state index contributed by atoms with van der Waals surface area (Å²) in [6, 6.07) is 17.1. The monoisotopic (exact) mass is 691 g/mol. The highest BCUT2D eigenvalue weighted by Gasteiger charge is 2.57. The van der Waals surface area contributed by atoms with Crippen molar-refractivity contribution in [2.75, 3.05) is 10.2 Å². The van der Waals surface area contributed by atoms with Crippen LogP contribution in [0.15, 0.2) is 81.0 Å². The van der Waals surface area contributed by atoms with Gasteiger partial charge in [-0.2, -0.15) is 0 Å². The zero-order chi connectivity index (χ0) is 29.0. The standard InChI is InChI=1S/C28H17BrCl2FN3O4S2/c29-13-4-10-16(11-5-13)35-25(37)21-20(17-2-1-3-18(30)22(17)31)24-27(40-23(21)26(35)38)34(28(39)41-24)12-19(36)33-15-8-6-14(32)7-9-15/h1-11,20-21,23H,12H2,(H,33,36)/t20-,21-,23+/m0/s1. The van der Waals surface area contributed by atoms with Crippen LogP contribution in [0.4, 0.5) is 15.8 Å². The van der Waals surface area contributed by atoms with Gasteiger partial charge in [0.15, 0.2) is 0 Å². The number of nitrogens with one attached hydrogen (secondary N) is 1. The van der Waals surface area contributed by atoms with Gasteiger partial charge in [0.05, 0.1) is 26.7 Å². The number of thiazole rings is 1. The molecule has 41 heavy (non-hydrogen) atoms. The van der Waals surface area contributed by atoms with Crippen LogP contribution < -0.4 is 15.1 Å². The van der Waals surface area contributed by atoms with E-state index in [-0.39, 0.29) is 16.6 Å². The number of benzene rings is 3. The van der Waals surface area contributed by atoms with Gasteiger partial charge in [-0.05, 0) is 60.2 Å². The van der Waals surface area contributed by atoms with Gasteiger partial charge in [-0.3, -0.25) is 23.7 Å². The lowest BCUT2D eigenvalue weighted by Gasteiger charge is -2.31. The number of carbonyl (C=O) groups is 3. The molecule has 3 heterocycles. The van der Waals surface area contributed by atoms with E-state index in [1.54, 1.807) is 42.5 Å². The lowest BCUT2D eigenvalue weighted by Crippen LogP contribution is -2.33. The van der Waals surface area contributed by atoms with E-state index < -0.39 is 45.5 Å². The summed E-state index contributed by atoms with van der Waals surface area (Å²) in [7, 11) is 0. The highest BCUT2D eigenvalue weighted by molar-refractivity contribution is 9.10. The van der Waals surface area contributed by atoms with Crippen LogP contribution in [0.1, 0.15) is 16.4 Å². The van der Waals surface area contributed by atoms with Crippen molar-refractivity contribution in [3.8, 4) is 0 Å². The van der Waals surface area contributed by atoms with Crippen LogP contribution in [0.3, 0.4) is 0 Å². The van der Waals surface area contributed by atoms with Crippen LogP contribution in [-0.2, 0) is 20.9 Å². The Morgan fingerprint density at radius 2 is 1.68 bits per heavy atom. The number of hydrogen-bond donors (Lipinski definition) is 1. The van der Waals surface area contributed by atoms with Gasteiger partial charge in [0.2, 0.25) is 17.7 Å². The molecule has 6 rings (SSSR count). The van der Waals surface area contributed by atoms with E-state index in [1.165, 1.54) is 33.7 Å². The lowest BCUT2D eigenvalue weighted by atomic mass is 9.83. The molecule has 0 saturated carbocycles. The van der Waals surface area contributed by atoms with E-state index >= 15 is 0 Å². The third kappa shape index (κ3) is 5.03. The molecule has 2 aliphatic heterocycles. The zero-order valence-corrected chi connectivity index (χ0v) is 25.4. The second-order valence-electron chi connectivity index (χ2n) is 9.35. The topological polar surface area (TPSA) is 88.5 Å². The van der Waals surface area contributed by atoms with E-state index in [0.29, 0.717) is 26.8 Å². The maximum absolute atomic E-state index is 14.0. The average molecular weight is 693 g/mol. The van der Waals surface area contributed by atoms with E-state index in [4.69, 9.17) is 23.2 Å². The predicted molar refractivity (Wildman–Crippen MR) is 162 cm³/mol. The Balaban J connectivity index is 1.43. The van der Waals surface area contributed by atoms with Crippen LogP contribution in [0.25, 0.3) is 0 Å². The molecule has 1 fully saturated rings. The highest BCUT2D eigenvalue weighted by Crippen LogP contribution is 2.55. The van der Waals surface area contributed by atoms with Gasteiger partial charge in [0.25, 0.3) is 0 Å². The number of imide groups is 1. The minimum atomic E-state index is -0.876. The van der Waals surface area contributed by atoms with Gasteiger partial charge >= 0.3 is 4.87 Å². The Morgan fingerprint density at radius 3 is 2.39 bits per heavy atom. The third-order valence-corrected chi connectivity index (χ3v) is 10.8. The molecule has 3 aromatic carbocycles. The molecule has 0 spiro atoms. The summed E-state index contributed by atoms with van der Waals surface area (Å²) in [5.41, 5.74) is 1.30. The van der Waals surface area contributed by atoms with Crippen molar-refractivity contribution in [2.45, 2.75) is 22.7 Å². The Morgan fingerprint density at radius 1 is 0.976 bits per heavy atom. The van der Waals surface area contributed by atoms with Crippen molar-refractivity contribution in [3.05, 3.63) is 107 Å². The molecule has 0 radical (unpaired) electrons. The number of carbonyl (C=O) groups excluding carboxylic acids is 3. The Hall–Kier alpha value is -2.96. The lowest BCUT2D eigenvalue weighted by molar-refractivity contribution is -0.122. The van der Waals surface area contributed by atoms with Gasteiger partial charge in [0, 0.05) is 21.0 Å². The summed E-state index contributed by atoms with van der Waals surface area (Å²) in [6.07, 6.45) is 0. The number of amides is 3. The largest absolute Gasteiger partial charge is 0.325 e. The maximum atomic E-state index is 14.0. The minimum absolute atomic E-state index is 0.222. The van der Waals surface area contributed by atoms with Crippen LogP contribution in [-0.4, -0.2) is 27.5 Å². The highest BCUT2D eigenvalue weighted by atomic mass is 79.9. The molecular weight excluding hydrogens is 676 g/mol. The summed E-state index contributed by atoms with van der Waals surface area (Å²) < 4.78 is 15.4. The summed E-state index contributed by atoms with van der Waals surface area (Å²) >= 11 is 18.4. The molecule has 1 N–H and O–H groups in total. The van der Waals surface area contributed by atoms with E-state index in [0.717, 1.165) is 27.6 Å². The molecule has 2 aliphatic rings. The zero-order valence-electron chi connectivity index (χ0n) is 20.6. The number of thioether (sulfide) groups is 1. The Bertz CT molecular complexity index is 1780. The molecular formula is C28H17BrCl2FN3O4S2. The molecule has 208 valence electrons. The molecule has 13 heteroatoms. The molecule has 1 aromatic heterocycles. The second kappa shape index (κ2) is 11.0. The van der Waals surface area contributed by atoms with Crippen molar-refractivity contribution in [3.63, 3.8) is 0 Å². The SMILES string of the molecule is O=C(Cn1c2c(sc1=O)[C@@H](c1cccc(Cl)c1Cl)[C@@H]1C(=O)N(c3ccc(Br)cc3)C(=O)[C@@H]1S2)Nc1ccc(F)cc1. The maximum Gasteiger partial charge on any atom is 0.308 e. The summed E-state index contributed by atoms with van der Waals surface area (Å²) in [5.74, 6) is -3.41. The Kier molecular flexibility index (Phi) is 7.58. The molecule has 0 aliphatic carbocycles. The van der Waals surface area contributed by atoms with Crippen molar-refractivity contribution < 1.29 is 18.8 Å².